The zero-order valence-corrected chi connectivity index (χ0v) is 10.9. The first-order valence-corrected chi connectivity index (χ1v) is 6.59. The van der Waals surface area contributed by atoms with E-state index in [0.717, 1.165) is 13.1 Å². The molecule has 17 heavy (non-hydrogen) atoms. The van der Waals surface area contributed by atoms with Gasteiger partial charge < -0.3 is 5.73 Å². The summed E-state index contributed by atoms with van der Waals surface area (Å²) >= 11 is 1.81. The van der Waals surface area contributed by atoms with Crippen LogP contribution < -0.4 is 5.73 Å². The third kappa shape index (κ3) is 3.66. The molecule has 90 valence electrons. The molecule has 1 aromatic heterocycles. The summed E-state index contributed by atoms with van der Waals surface area (Å²) in [5.74, 6) is 0. The number of thiophene rings is 1. The van der Waals surface area contributed by atoms with Gasteiger partial charge in [-0.1, -0.05) is 30.3 Å². The van der Waals surface area contributed by atoms with Gasteiger partial charge >= 0.3 is 0 Å². The Labute approximate surface area is 107 Å². The number of nitrogens with two attached hydrogens (primary N) is 1. The molecule has 2 N–H and O–H groups in total. The van der Waals surface area contributed by atoms with E-state index < -0.39 is 0 Å². The first kappa shape index (κ1) is 12.3. The molecule has 3 heteroatoms. The second kappa shape index (κ2) is 5.96. The van der Waals surface area contributed by atoms with E-state index >= 15 is 0 Å². The maximum Gasteiger partial charge on any atom is 0.0328 e. The maximum absolute atomic E-state index is 5.61. The Morgan fingerprint density at radius 3 is 2.35 bits per heavy atom. The summed E-state index contributed by atoms with van der Waals surface area (Å²) in [5.41, 5.74) is 6.97. The van der Waals surface area contributed by atoms with Gasteiger partial charge in [0.15, 0.2) is 0 Å². The molecule has 0 aliphatic rings. The highest BCUT2D eigenvalue weighted by atomic mass is 32.1. The van der Waals surface area contributed by atoms with Crippen LogP contribution in [0.25, 0.3) is 0 Å². The Morgan fingerprint density at radius 2 is 1.71 bits per heavy atom. The number of nitrogens with zero attached hydrogens (tertiary/aromatic N) is 1. The van der Waals surface area contributed by atoms with Crippen molar-refractivity contribution in [3.8, 4) is 0 Å². The lowest BCUT2D eigenvalue weighted by molar-refractivity contribution is 0.322. The molecule has 0 aliphatic carbocycles. The lowest BCUT2D eigenvalue weighted by Crippen LogP contribution is -2.16. The van der Waals surface area contributed by atoms with Gasteiger partial charge in [-0.2, -0.15) is 0 Å². The fourth-order valence-electron chi connectivity index (χ4n) is 1.83. The summed E-state index contributed by atoms with van der Waals surface area (Å²) < 4.78 is 0. The zero-order chi connectivity index (χ0) is 12.1. The predicted octanol–water partition coefficient (Wildman–Crippen LogP) is 2.84. The van der Waals surface area contributed by atoms with Crippen molar-refractivity contribution in [1.29, 1.82) is 0 Å². The van der Waals surface area contributed by atoms with Crippen molar-refractivity contribution in [2.75, 3.05) is 7.05 Å². The minimum Gasteiger partial charge on any atom is -0.326 e. The molecule has 0 amide bonds. The van der Waals surface area contributed by atoms with Crippen LogP contribution in [0, 0.1) is 0 Å². The largest absolute Gasteiger partial charge is 0.326 e. The second-order valence-electron chi connectivity index (χ2n) is 4.23. The molecule has 0 unspecified atom stereocenters. The van der Waals surface area contributed by atoms with Crippen LogP contribution >= 0.6 is 11.3 Å². The Kier molecular flexibility index (Phi) is 4.31. The van der Waals surface area contributed by atoms with Crippen LogP contribution in [0.1, 0.15) is 15.3 Å². The molecule has 0 aliphatic heterocycles. The van der Waals surface area contributed by atoms with Gasteiger partial charge in [0.2, 0.25) is 0 Å². The minimum absolute atomic E-state index is 0.646. The monoisotopic (exact) mass is 246 g/mol. The summed E-state index contributed by atoms with van der Waals surface area (Å²) in [7, 11) is 2.15. The predicted molar refractivity (Wildman–Crippen MR) is 73.8 cm³/mol. The molecule has 0 bridgehead atoms. The van der Waals surface area contributed by atoms with Crippen LogP contribution in [-0.2, 0) is 19.6 Å². The maximum atomic E-state index is 5.61. The quantitative estimate of drug-likeness (QED) is 0.879. The standard InChI is InChI=1S/C14H18N2S/c1-16(10-12-5-3-2-4-6-12)11-14-8-7-13(9-15)17-14/h2-8H,9-11,15H2,1H3. The van der Waals surface area contributed by atoms with Crippen LogP contribution in [0.2, 0.25) is 0 Å². The van der Waals surface area contributed by atoms with Crippen LogP contribution in [0.15, 0.2) is 42.5 Å². The molecule has 2 aromatic rings. The first-order valence-electron chi connectivity index (χ1n) is 5.78. The number of hydrogen-bond donors (Lipinski definition) is 1. The molecule has 0 atom stereocenters. The first-order chi connectivity index (χ1) is 8.28. The van der Waals surface area contributed by atoms with Crippen molar-refractivity contribution in [2.45, 2.75) is 19.6 Å². The van der Waals surface area contributed by atoms with E-state index in [1.165, 1.54) is 15.3 Å². The smallest absolute Gasteiger partial charge is 0.0328 e. The minimum atomic E-state index is 0.646. The molecule has 1 aromatic carbocycles. The van der Waals surface area contributed by atoms with E-state index in [1.807, 2.05) is 0 Å². The normalized spacial score (nSPS) is 11.0. The highest BCUT2D eigenvalue weighted by molar-refractivity contribution is 7.11. The second-order valence-corrected chi connectivity index (χ2v) is 5.48. The SMILES string of the molecule is CN(Cc1ccccc1)Cc1ccc(CN)s1. The van der Waals surface area contributed by atoms with Gasteiger partial charge in [-0.3, -0.25) is 4.90 Å². The van der Waals surface area contributed by atoms with E-state index in [1.54, 1.807) is 11.3 Å². The Morgan fingerprint density at radius 1 is 1.00 bits per heavy atom. The Balaban J connectivity index is 1.91. The Bertz CT molecular complexity index is 450. The van der Waals surface area contributed by atoms with Gasteiger partial charge in [0.25, 0.3) is 0 Å². The van der Waals surface area contributed by atoms with E-state index in [9.17, 15) is 0 Å². The van der Waals surface area contributed by atoms with Gasteiger partial charge in [0.1, 0.15) is 0 Å². The highest BCUT2D eigenvalue weighted by Crippen LogP contribution is 2.18. The van der Waals surface area contributed by atoms with Crippen molar-refractivity contribution >= 4 is 11.3 Å². The van der Waals surface area contributed by atoms with E-state index in [2.05, 4.69) is 54.4 Å². The molecule has 0 spiro atoms. The van der Waals surface area contributed by atoms with Gasteiger partial charge in [-0.25, -0.2) is 0 Å². The lowest BCUT2D eigenvalue weighted by atomic mass is 10.2. The number of hydrogen-bond acceptors (Lipinski definition) is 3. The van der Waals surface area contributed by atoms with E-state index in [4.69, 9.17) is 5.73 Å². The van der Waals surface area contributed by atoms with Crippen LogP contribution in [0.5, 0.6) is 0 Å². The summed E-state index contributed by atoms with van der Waals surface area (Å²) in [6.45, 7) is 2.61. The molecule has 0 fully saturated rings. The highest BCUT2D eigenvalue weighted by Gasteiger charge is 2.04. The lowest BCUT2D eigenvalue weighted by Gasteiger charge is -2.15. The van der Waals surface area contributed by atoms with Gasteiger partial charge in [0.05, 0.1) is 0 Å². The fourth-order valence-corrected chi connectivity index (χ4v) is 2.81. The van der Waals surface area contributed by atoms with Crippen molar-refractivity contribution < 1.29 is 0 Å². The molecule has 0 saturated heterocycles. The molecule has 1 heterocycles. The van der Waals surface area contributed by atoms with Crippen molar-refractivity contribution in [2.24, 2.45) is 5.73 Å². The van der Waals surface area contributed by atoms with Crippen molar-refractivity contribution in [3.05, 3.63) is 57.8 Å². The fraction of sp³-hybridized carbons (Fsp3) is 0.286. The topological polar surface area (TPSA) is 29.3 Å². The van der Waals surface area contributed by atoms with E-state index in [-0.39, 0.29) is 0 Å². The summed E-state index contributed by atoms with van der Waals surface area (Å²) in [6, 6.07) is 14.8. The average molecular weight is 246 g/mol. The number of rotatable bonds is 5. The molecule has 2 nitrogen and oxygen atoms in total. The number of benzene rings is 1. The molecule has 0 saturated carbocycles. The summed E-state index contributed by atoms with van der Waals surface area (Å²) in [6.07, 6.45) is 0. The Hall–Kier alpha value is -1.16. The van der Waals surface area contributed by atoms with Crippen LogP contribution in [-0.4, -0.2) is 11.9 Å². The zero-order valence-electron chi connectivity index (χ0n) is 10.1. The molecule has 0 radical (unpaired) electrons. The third-order valence-electron chi connectivity index (χ3n) is 2.64. The van der Waals surface area contributed by atoms with E-state index in [0.29, 0.717) is 6.54 Å². The van der Waals surface area contributed by atoms with Gasteiger partial charge in [0, 0.05) is 29.4 Å². The third-order valence-corrected chi connectivity index (χ3v) is 3.73. The van der Waals surface area contributed by atoms with Gasteiger partial charge in [-0.15, -0.1) is 11.3 Å². The molecule has 2 rings (SSSR count). The van der Waals surface area contributed by atoms with Crippen LogP contribution in [0.4, 0.5) is 0 Å². The summed E-state index contributed by atoms with van der Waals surface area (Å²) in [5, 5.41) is 0. The van der Waals surface area contributed by atoms with Crippen LogP contribution in [0.3, 0.4) is 0 Å². The summed E-state index contributed by atoms with van der Waals surface area (Å²) in [4.78, 5) is 4.96. The average Bonchev–Trinajstić information content (AvgIpc) is 2.78. The van der Waals surface area contributed by atoms with Crippen molar-refractivity contribution in [3.63, 3.8) is 0 Å². The van der Waals surface area contributed by atoms with Crippen molar-refractivity contribution in [1.82, 2.24) is 4.90 Å². The molecular formula is C14H18N2S. The molecular weight excluding hydrogens is 228 g/mol. The van der Waals surface area contributed by atoms with Gasteiger partial charge in [-0.05, 0) is 24.7 Å².